The highest BCUT2D eigenvalue weighted by Crippen LogP contribution is 2.40. The molecule has 0 saturated heterocycles. The van der Waals surface area contributed by atoms with E-state index in [1.54, 1.807) is 43.5 Å². The van der Waals surface area contributed by atoms with Crippen LogP contribution in [-0.4, -0.2) is 19.2 Å². The van der Waals surface area contributed by atoms with Gasteiger partial charge in [-0.25, -0.2) is 4.79 Å². The Labute approximate surface area is 510 Å². The molecule has 0 amide bonds. The van der Waals surface area contributed by atoms with Gasteiger partial charge in [-0.05, 0) is 214 Å². The molecule has 11 rings (SSSR count). The van der Waals surface area contributed by atoms with E-state index in [4.69, 9.17) is 18.9 Å². The van der Waals surface area contributed by atoms with Crippen LogP contribution in [0.1, 0.15) is 76.4 Å². The summed E-state index contributed by atoms with van der Waals surface area (Å²) >= 11 is 0. The van der Waals surface area contributed by atoms with Gasteiger partial charge in [-0.3, -0.25) is 4.79 Å². The van der Waals surface area contributed by atoms with Gasteiger partial charge < -0.3 is 28.7 Å². The third kappa shape index (κ3) is 13.7. The lowest BCUT2D eigenvalue weighted by Gasteiger charge is -2.26. The smallest absolute Gasteiger partial charge is 0.497 e. The summed E-state index contributed by atoms with van der Waals surface area (Å²) < 4.78 is 22.3. The maximum Gasteiger partial charge on any atom is 0.519 e. The van der Waals surface area contributed by atoms with Crippen LogP contribution in [0.4, 0.5) is 38.9 Å². The normalized spacial score (nSPS) is 11.6. The number of benzene rings is 11. The number of carbonyl (C=O) groups is 2. The minimum Gasteiger partial charge on any atom is -0.497 e. The first-order valence-electron chi connectivity index (χ1n) is 29.0. The third-order valence-corrected chi connectivity index (χ3v) is 15.6. The molecule has 428 valence electrons. The maximum absolute atomic E-state index is 13.4. The molecule has 0 aliphatic carbocycles. The van der Waals surface area contributed by atoms with Crippen molar-refractivity contribution in [2.75, 3.05) is 16.9 Å². The molecule has 0 saturated carbocycles. The summed E-state index contributed by atoms with van der Waals surface area (Å²) in [5.74, 6) is 1.58. The van der Waals surface area contributed by atoms with Crippen LogP contribution in [0.5, 0.6) is 23.0 Å². The Morgan fingerprint density at radius 3 is 0.966 bits per heavy atom. The van der Waals surface area contributed by atoms with Crippen LogP contribution in [0.3, 0.4) is 0 Å². The number of aryl methyl sites for hydroxylation is 2. The molecule has 0 spiro atoms. The molecule has 8 heteroatoms. The quantitative estimate of drug-likeness (QED) is 0.0364. The molecule has 0 aliphatic rings. The van der Waals surface area contributed by atoms with E-state index in [-0.39, 0.29) is 11.4 Å². The van der Waals surface area contributed by atoms with Gasteiger partial charge in [0.25, 0.3) is 0 Å². The number of nitrogens with zero attached hydrogens (tertiary/aromatic N) is 2. The topological polar surface area (TPSA) is 77.5 Å². The molecule has 0 N–H and O–H groups in total. The van der Waals surface area contributed by atoms with Crippen molar-refractivity contribution >= 4 is 69.5 Å². The van der Waals surface area contributed by atoms with Crippen molar-refractivity contribution in [3.63, 3.8) is 0 Å². The van der Waals surface area contributed by atoms with Crippen LogP contribution in [-0.2, 0) is 10.2 Å². The van der Waals surface area contributed by atoms with Crippen molar-refractivity contribution in [3.8, 4) is 23.0 Å². The fourth-order valence-corrected chi connectivity index (χ4v) is 10.8. The second-order valence-electron chi connectivity index (χ2n) is 21.8. The van der Waals surface area contributed by atoms with Crippen molar-refractivity contribution in [1.29, 1.82) is 0 Å². The number of carbonyl (C=O) groups excluding carboxylic acids is 2. The molecular formula is C79H66N2O6. The summed E-state index contributed by atoms with van der Waals surface area (Å²) in [6.07, 6.45) is 3.65. The number of hydrogen-bond donors (Lipinski definition) is 0. The third-order valence-electron chi connectivity index (χ3n) is 15.6. The molecular weight excluding hydrogens is 1070 g/mol. The molecule has 0 heterocycles. The number of ether oxygens (including phenoxy) is 4. The van der Waals surface area contributed by atoms with Gasteiger partial charge in [-0.1, -0.05) is 172 Å². The molecule has 8 nitrogen and oxygen atoms in total. The predicted molar refractivity (Wildman–Crippen MR) is 355 cm³/mol. The van der Waals surface area contributed by atoms with Gasteiger partial charge in [0, 0.05) is 46.5 Å². The highest BCUT2D eigenvalue weighted by molar-refractivity contribution is 5.96. The standard InChI is InChI=1S/C79H66N2O6/c1-55-51-70(80(66-19-11-7-12-20-66)67-21-13-8-14-22-67)41-31-62(55)53-76(60-33-43-72(84-6)44-34-60)58-27-29-59(30-28-58)77(54-63-32-42-71(52-56(63)2)81(68-23-15-9-16-24-68)69-25-17-10-18-26-69)61-35-45-74(46-36-61)86-78(83)87-75-49-39-65(40-50-75)79(4,5)64-37-47-73(48-38-64)85-57(3)82/h7-54H,1-6H3. The first kappa shape index (κ1) is 57.8. The lowest BCUT2D eigenvalue weighted by atomic mass is 9.78. The number of hydrogen-bond acceptors (Lipinski definition) is 8. The number of esters is 1. The van der Waals surface area contributed by atoms with E-state index in [1.165, 1.54) is 6.92 Å². The first-order chi connectivity index (χ1) is 42.4. The second kappa shape index (κ2) is 26.3. The van der Waals surface area contributed by atoms with E-state index >= 15 is 0 Å². The van der Waals surface area contributed by atoms with Crippen molar-refractivity contribution in [2.24, 2.45) is 0 Å². The second-order valence-corrected chi connectivity index (χ2v) is 21.8. The zero-order valence-electron chi connectivity index (χ0n) is 49.6. The van der Waals surface area contributed by atoms with Gasteiger partial charge in [0.05, 0.1) is 7.11 Å². The Bertz CT molecular complexity index is 4120. The van der Waals surface area contributed by atoms with E-state index in [2.05, 4.69) is 220 Å². The van der Waals surface area contributed by atoms with Crippen molar-refractivity contribution < 1.29 is 28.5 Å². The molecule has 11 aromatic carbocycles. The minimum atomic E-state index is -0.855. The lowest BCUT2D eigenvalue weighted by molar-refractivity contribution is -0.131. The molecule has 0 atom stereocenters. The van der Waals surface area contributed by atoms with Crippen molar-refractivity contribution in [3.05, 3.63) is 335 Å². The van der Waals surface area contributed by atoms with Gasteiger partial charge in [0.2, 0.25) is 0 Å². The molecule has 87 heavy (non-hydrogen) atoms. The van der Waals surface area contributed by atoms with Gasteiger partial charge >= 0.3 is 12.1 Å². The van der Waals surface area contributed by atoms with E-state index < -0.39 is 6.16 Å². The van der Waals surface area contributed by atoms with Gasteiger partial charge in [0.1, 0.15) is 23.0 Å². The first-order valence-corrected chi connectivity index (χ1v) is 29.0. The zero-order valence-corrected chi connectivity index (χ0v) is 49.6. The Hall–Kier alpha value is -11.0. The molecule has 0 aromatic heterocycles. The maximum atomic E-state index is 13.4. The Morgan fingerprint density at radius 1 is 0.356 bits per heavy atom. The number of para-hydroxylation sites is 4. The molecule has 11 aromatic rings. The predicted octanol–water partition coefficient (Wildman–Crippen LogP) is 20.3. The summed E-state index contributed by atoms with van der Waals surface area (Å²) in [4.78, 5) is 29.4. The number of anilines is 6. The van der Waals surface area contributed by atoms with Crippen LogP contribution in [0.2, 0.25) is 0 Å². The van der Waals surface area contributed by atoms with Crippen molar-refractivity contribution in [2.45, 2.75) is 40.0 Å². The van der Waals surface area contributed by atoms with Crippen LogP contribution in [0.15, 0.2) is 279 Å². The molecule has 0 fully saturated rings. The Kier molecular flexibility index (Phi) is 17.5. The van der Waals surface area contributed by atoms with Gasteiger partial charge in [-0.2, -0.15) is 0 Å². The van der Waals surface area contributed by atoms with Crippen LogP contribution in [0.25, 0.3) is 23.3 Å². The summed E-state index contributed by atoms with van der Waals surface area (Å²) in [5.41, 5.74) is 18.4. The highest BCUT2D eigenvalue weighted by Gasteiger charge is 2.24. The summed E-state index contributed by atoms with van der Waals surface area (Å²) in [5, 5.41) is 0. The van der Waals surface area contributed by atoms with E-state index in [1.807, 2.05) is 72.8 Å². The molecule has 0 aliphatic heterocycles. The van der Waals surface area contributed by atoms with Crippen LogP contribution < -0.4 is 28.7 Å². The zero-order chi connectivity index (χ0) is 60.3. The van der Waals surface area contributed by atoms with Crippen molar-refractivity contribution in [1.82, 2.24) is 0 Å². The minimum absolute atomic E-state index is 0.335. The summed E-state index contributed by atoms with van der Waals surface area (Å²) in [6, 6.07) is 94.3. The molecule has 0 unspecified atom stereocenters. The number of rotatable bonds is 18. The van der Waals surface area contributed by atoms with Gasteiger partial charge in [-0.15, -0.1) is 0 Å². The van der Waals surface area contributed by atoms with Gasteiger partial charge in [0.15, 0.2) is 0 Å². The van der Waals surface area contributed by atoms with E-state index in [9.17, 15) is 9.59 Å². The fourth-order valence-electron chi connectivity index (χ4n) is 10.8. The Balaban J connectivity index is 0.910. The van der Waals surface area contributed by atoms with E-state index in [0.29, 0.717) is 17.2 Å². The molecule has 0 bridgehead atoms. The average Bonchev–Trinajstić information content (AvgIpc) is 2.03. The summed E-state index contributed by atoms with van der Waals surface area (Å²) in [7, 11) is 1.69. The lowest BCUT2D eigenvalue weighted by Crippen LogP contribution is -2.19. The van der Waals surface area contributed by atoms with Crippen LogP contribution >= 0.6 is 0 Å². The monoisotopic (exact) mass is 1140 g/mol. The Morgan fingerprint density at radius 2 is 0.655 bits per heavy atom. The van der Waals surface area contributed by atoms with Crippen LogP contribution in [0, 0.1) is 13.8 Å². The number of methoxy groups -OCH3 is 1. The molecule has 0 radical (unpaired) electrons. The van der Waals surface area contributed by atoms with E-state index in [0.717, 1.165) is 107 Å². The fraction of sp³-hybridized carbons (Fsp3) is 0.0886. The average molecular weight is 1140 g/mol. The highest BCUT2D eigenvalue weighted by atomic mass is 16.7. The SMILES string of the molecule is COc1ccc(C(=Cc2ccc(N(c3ccccc3)c3ccccc3)cc2C)c2ccc(C(=Cc3ccc(N(c4ccccc4)c4ccccc4)cc3C)c3ccc(OC(=O)Oc4ccc(C(C)(C)c5ccc(OC(C)=O)cc5)cc4)cc3)cc2)cc1. The largest absolute Gasteiger partial charge is 0.519 e. The summed E-state index contributed by atoms with van der Waals surface area (Å²) in [6.45, 7) is 9.91.